The number of methoxy groups -OCH3 is 1. The average molecular weight is 247 g/mol. The Bertz CT molecular complexity index is 417. The standard InChI is InChI=1S/C14H21N3O/c1-15-14(16-7-8-18-2)17-10-12-9-11-5-3-4-6-13(11)12/h3-6,12H,7-10H2,1-2H3,(H2,15,16,17). The van der Waals surface area contributed by atoms with Crippen LogP contribution in [0.2, 0.25) is 0 Å². The molecular weight excluding hydrogens is 226 g/mol. The smallest absolute Gasteiger partial charge is 0.191 e. The van der Waals surface area contributed by atoms with Gasteiger partial charge in [-0.05, 0) is 17.5 Å². The molecule has 0 heterocycles. The lowest BCUT2D eigenvalue weighted by Gasteiger charge is -2.30. The molecule has 0 radical (unpaired) electrons. The molecule has 2 N–H and O–H groups in total. The summed E-state index contributed by atoms with van der Waals surface area (Å²) >= 11 is 0. The Hall–Kier alpha value is -1.55. The van der Waals surface area contributed by atoms with Crippen molar-refractivity contribution in [3.8, 4) is 0 Å². The highest BCUT2D eigenvalue weighted by Crippen LogP contribution is 2.33. The minimum atomic E-state index is 0.613. The van der Waals surface area contributed by atoms with Crippen LogP contribution in [-0.2, 0) is 11.2 Å². The Morgan fingerprint density at radius 2 is 2.22 bits per heavy atom. The van der Waals surface area contributed by atoms with Crippen molar-refractivity contribution in [3.05, 3.63) is 35.4 Å². The van der Waals surface area contributed by atoms with Crippen LogP contribution >= 0.6 is 0 Å². The van der Waals surface area contributed by atoms with Gasteiger partial charge in [-0.15, -0.1) is 0 Å². The zero-order valence-electron chi connectivity index (χ0n) is 11.1. The van der Waals surface area contributed by atoms with Crippen molar-refractivity contribution in [1.29, 1.82) is 0 Å². The highest BCUT2D eigenvalue weighted by Gasteiger charge is 2.24. The fourth-order valence-corrected chi connectivity index (χ4v) is 2.26. The van der Waals surface area contributed by atoms with E-state index < -0.39 is 0 Å². The fourth-order valence-electron chi connectivity index (χ4n) is 2.26. The van der Waals surface area contributed by atoms with E-state index in [9.17, 15) is 0 Å². The zero-order chi connectivity index (χ0) is 12.8. The maximum absolute atomic E-state index is 5.00. The molecule has 0 amide bonds. The van der Waals surface area contributed by atoms with Crippen molar-refractivity contribution in [2.24, 2.45) is 4.99 Å². The second-order valence-electron chi connectivity index (χ2n) is 4.47. The Labute approximate surface area is 108 Å². The minimum Gasteiger partial charge on any atom is -0.383 e. The number of rotatable bonds is 5. The van der Waals surface area contributed by atoms with Gasteiger partial charge < -0.3 is 15.4 Å². The lowest BCUT2D eigenvalue weighted by molar-refractivity contribution is 0.203. The number of aliphatic imine (C=N–C) groups is 1. The first-order valence-electron chi connectivity index (χ1n) is 6.36. The summed E-state index contributed by atoms with van der Waals surface area (Å²) in [7, 11) is 3.49. The van der Waals surface area contributed by atoms with Crippen LogP contribution in [0.25, 0.3) is 0 Å². The van der Waals surface area contributed by atoms with Crippen LogP contribution in [0, 0.1) is 0 Å². The molecule has 0 fully saturated rings. The molecule has 1 aromatic rings. The second kappa shape index (κ2) is 6.40. The Balaban J connectivity index is 1.75. The fraction of sp³-hybridized carbons (Fsp3) is 0.500. The normalized spacial score (nSPS) is 17.9. The van der Waals surface area contributed by atoms with Crippen LogP contribution in [0.1, 0.15) is 17.0 Å². The second-order valence-corrected chi connectivity index (χ2v) is 4.47. The van der Waals surface area contributed by atoms with Crippen molar-refractivity contribution in [2.45, 2.75) is 12.3 Å². The van der Waals surface area contributed by atoms with E-state index in [1.54, 1.807) is 14.2 Å². The summed E-state index contributed by atoms with van der Waals surface area (Å²) in [6.07, 6.45) is 1.16. The number of nitrogens with one attached hydrogen (secondary N) is 2. The predicted molar refractivity (Wildman–Crippen MR) is 74.1 cm³/mol. The van der Waals surface area contributed by atoms with Crippen molar-refractivity contribution in [1.82, 2.24) is 10.6 Å². The van der Waals surface area contributed by atoms with Gasteiger partial charge in [0.15, 0.2) is 5.96 Å². The molecule has 1 aliphatic rings. The number of fused-ring (bicyclic) bond motifs is 1. The van der Waals surface area contributed by atoms with Crippen LogP contribution in [-0.4, -0.2) is 39.8 Å². The van der Waals surface area contributed by atoms with Gasteiger partial charge >= 0.3 is 0 Å². The van der Waals surface area contributed by atoms with Crippen molar-refractivity contribution >= 4 is 5.96 Å². The third kappa shape index (κ3) is 3.01. The maximum atomic E-state index is 5.00. The molecule has 4 nitrogen and oxygen atoms in total. The van der Waals surface area contributed by atoms with E-state index in [0.717, 1.165) is 25.5 Å². The molecule has 0 aliphatic heterocycles. The van der Waals surface area contributed by atoms with E-state index in [1.807, 2.05) is 0 Å². The van der Waals surface area contributed by atoms with Gasteiger partial charge in [-0.1, -0.05) is 24.3 Å². The van der Waals surface area contributed by atoms with Gasteiger partial charge in [0.25, 0.3) is 0 Å². The van der Waals surface area contributed by atoms with Gasteiger partial charge in [0.1, 0.15) is 0 Å². The van der Waals surface area contributed by atoms with Crippen LogP contribution in [0.15, 0.2) is 29.3 Å². The lowest BCUT2D eigenvalue weighted by atomic mass is 9.78. The Morgan fingerprint density at radius 3 is 2.94 bits per heavy atom. The van der Waals surface area contributed by atoms with Crippen molar-refractivity contribution < 1.29 is 4.74 Å². The quantitative estimate of drug-likeness (QED) is 0.466. The van der Waals surface area contributed by atoms with E-state index in [-0.39, 0.29) is 0 Å². The summed E-state index contributed by atoms with van der Waals surface area (Å²) in [5, 5.41) is 6.57. The number of hydrogen-bond acceptors (Lipinski definition) is 2. The van der Waals surface area contributed by atoms with E-state index in [0.29, 0.717) is 12.5 Å². The highest BCUT2D eigenvalue weighted by molar-refractivity contribution is 5.79. The first-order chi connectivity index (χ1) is 8.85. The summed E-state index contributed by atoms with van der Waals surface area (Å²) in [5.41, 5.74) is 2.95. The van der Waals surface area contributed by atoms with Gasteiger partial charge in [0, 0.05) is 33.2 Å². The first kappa shape index (κ1) is 12.9. The van der Waals surface area contributed by atoms with Gasteiger partial charge in [0.2, 0.25) is 0 Å². The molecule has 2 rings (SSSR count). The molecule has 98 valence electrons. The van der Waals surface area contributed by atoms with Crippen LogP contribution < -0.4 is 10.6 Å². The number of hydrogen-bond donors (Lipinski definition) is 2. The maximum Gasteiger partial charge on any atom is 0.191 e. The van der Waals surface area contributed by atoms with Crippen molar-refractivity contribution in [3.63, 3.8) is 0 Å². The average Bonchev–Trinajstić information content (AvgIpc) is 2.38. The van der Waals surface area contributed by atoms with Crippen LogP contribution in [0.3, 0.4) is 0 Å². The number of ether oxygens (including phenoxy) is 1. The summed E-state index contributed by atoms with van der Waals surface area (Å²) in [5.74, 6) is 1.46. The summed E-state index contributed by atoms with van der Waals surface area (Å²) in [4.78, 5) is 4.19. The molecule has 0 spiro atoms. The number of guanidine groups is 1. The molecule has 0 saturated heterocycles. The third-order valence-corrected chi connectivity index (χ3v) is 3.30. The molecule has 0 bridgehead atoms. The van der Waals surface area contributed by atoms with Crippen molar-refractivity contribution in [2.75, 3.05) is 33.9 Å². The minimum absolute atomic E-state index is 0.613. The van der Waals surface area contributed by atoms with E-state index in [4.69, 9.17) is 4.74 Å². The summed E-state index contributed by atoms with van der Waals surface area (Å²) < 4.78 is 5.00. The topological polar surface area (TPSA) is 45.7 Å². The molecule has 1 unspecified atom stereocenters. The van der Waals surface area contributed by atoms with Gasteiger partial charge in [0.05, 0.1) is 6.61 Å². The van der Waals surface area contributed by atoms with Crippen LogP contribution in [0.4, 0.5) is 0 Å². The van der Waals surface area contributed by atoms with E-state index >= 15 is 0 Å². The molecule has 0 aromatic heterocycles. The summed E-state index contributed by atoms with van der Waals surface area (Å²) in [6.45, 7) is 2.40. The molecule has 0 saturated carbocycles. The van der Waals surface area contributed by atoms with Gasteiger partial charge in [-0.25, -0.2) is 0 Å². The SMILES string of the molecule is CN=C(NCCOC)NCC1Cc2ccccc21. The number of nitrogens with zero attached hydrogens (tertiary/aromatic N) is 1. The van der Waals surface area contributed by atoms with E-state index in [2.05, 4.69) is 39.9 Å². The highest BCUT2D eigenvalue weighted by atomic mass is 16.5. The van der Waals surface area contributed by atoms with Crippen LogP contribution in [0.5, 0.6) is 0 Å². The molecule has 4 heteroatoms. The first-order valence-corrected chi connectivity index (χ1v) is 6.36. The molecule has 18 heavy (non-hydrogen) atoms. The summed E-state index contributed by atoms with van der Waals surface area (Å²) in [6, 6.07) is 8.63. The number of benzene rings is 1. The zero-order valence-corrected chi connectivity index (χ0v) is 11.1. The molecule has 1 atom stereocenters. The molecular formula is C14H21N3O. The van der Waals surface area contributed by atoms with Gasteiger partial charge in [-0.3, -0.25) is 4.99 Å². The predicted octanol–water partition coefficient (Wildman–Crippen LogP) is 1.14. The monoisotopic (exact) mass is 247 g/mol. The Kier molecular flexibility index (Phi) is 4.59. The molecule has 1 aromatic carbocycles. The van der Waals surface area contributed by atoms with Gasteiger partial charge in [-0.2, -0.15) is 0 Å². The molecule has 1 aliphatic carbocycles. The third-order valence-electron chi connectivity index (χ3n) is 3.30. The van der Waals surface area contributed by atoms with E-state index in [1.165, 1.54) is 11.1 Å². The lowest BCUT2D eigenvalue weighted by Crippen LogP contribution is -2.42. The Morgan fingerprint density at radius 1 is 1.39 bits per heavy atom. The largest absolute Gasteiger partial charge is 0.383 e.